The van der Waals surface area contributed by atoms with Crippen molar-refractivity contribution in [3.05, 3.63) is 63.9 Å². The summed E-state index contributed by atoms with van der Waals surface area (Å²) in [5.74, 6) is -0.142. The van der Waals surface area contributed by atoms with E-state index in [1.165, 1.54) is 13.0 Å². The maximum Gasteiger partial charge on any atom is 0.302 e. The first-order chi connectivity index (χ1) is 13.0. The molecular formula is C21H22BrFO4. The number of carbonyl (C=O) groups is 1. The van der Waals surface area contributed by atoms with Gasteiger partial charge in [0.05, 0.1) is 4.47 Å². The van der Waals surface area contributed by atoms with Gasteiger partial charge in [-0.15, -0.1) is 0 Å². The van der Waals surface area contributed by atoms with Crippen molar-refractivity contribution in [2.24, 2.45) is 0 Å². The van der Waals surface area contributed by atoms with Crippen molar-refractivity contribution in [3.63, 3.8) is 0 Å². The van der Waals surface area contributed by atoms with E-state index in [0.717, 1.165) is 5.56 Å². The second kappa shape index (κ2) is 8.85. The van der Waals surface area contributed by atoms with Crippen molar-refractivity contribution >= 4 is 21.9 Å². The summed E-state index contributed by atoms with van der Waals surface area (Å²) in [5, 5.41) is 0. The Labute approximate surface area is 166 Å². The predicted molar refractivity (Wildman–Crippen MR) is 103 cm³/mol. The van der Waals surface area contributed by atoms with Gasteiger partial charge in [-0.1, -0.05) is 30.3 Å². The molecule has 0 N–H and O–H groups in total. The molecular weight excluding hydrogens is 415 g/mol. The fourth-order valence-electron chi connectivity index (χ4n) is 3.29. The van der Waals surface area contributed by atoms with Crippen molar-refractivity contribution in [2.45, 2.75) is 31.8 Å². The van der Waals surface area contributed by atoms with Crippen LogP contribution in [0, 0.1) is 5.82 Å². The van der Waals surface area contributed by atoms with E-state index in [1.807, 2.05) is 30.3 Å². The molecule has 2 aromatic rings. The Morgan fingerprint density at radius 2 is 1.93 bits per heavy atom. The highest BCUT2D eigenvalue weighted by atomic mass is 79.9. The van der Waals surface area contributed by atoms with Gasteiger partial charge in [-0.25, -0.2) is 4.39 Å². The van der Waals surface area contributed by atoms with Gasteiger partial charge in [0.15, 0.2) is 0 Å². The Morgan fingerprint density at radius 1 is 1.22 bits per heavy atom. The zero-order chi connectivity index (χ0) is 19.3. The summed E-state index contributed by atoms with van der Waals surface area (Å²) < 4.78 is 31.6. The standard InChI is InChI=1S/C21H22BrFO4/c1-15(24)27-14-21(7-9-25-10-8-21)17-11-19(23)18(22)12-20(17)26-13-16-5-3-2-4-6-16/h2-6,11-12H,7-10,13-14H2,1H3. The molecule has 27 heavy (non-hydrogen) atoms. The van der Waals surface area contributed by atoms with Gasteiger partial charge in [0.1, 0.15) is 24.8 Å². The van der Waals surface area contributed by atoms with Crippen LogP contribution in [-0.2, 0) is 26.3 Å². The molecule has 1 saturated heterocycles. The van der Waals surface area contributed by atoms with E-state index in [0.29, 0.717) is 48.4 Å². The van der Waals surface area contributed by atoms with Crippen LogP contribution in [0.25, 0.3) is 0 Å². The van der Waals surface area contributed by atoms with Crippen LogP contribution in [0.3, 0.4) is 0 Å². The summed E-state index contributed by atoms with van der Waals surface area (Å²) in [5.41, 5.74) is 1.20. The topological polar surface area (TPSA) is 44.8 Å². The third-order valence-corrected chi connectivity index (χ3v) is 5.44. The van der Waals surface area contributed by atoms with Crippen LogP contribution in [0.4, 0.5) is 4.39 Å². The highest BCUT2D eigenvalue weighted by Crippen LogP contribution is 2.42. The van der Waals surface area contributed by atoms with E-state index in [9.17, 15) is 9.18 Å². The molecule has 2 aromatic carbocycles. The van der Waals surface area contributed by atoms with Crippen molar-refractivity contribution < 1.29 is 23.4 Å². The minimum atomic E-state index is -0.530. The van der Waals surface area contributed by atoms with Crippen molar-refractivity contribution in [3.8, 4) is 5.75 Å². The Hall–Kier alpha value is -1.92. The first kappa shape index (κ1) is 19.8. The molecule has 1 heterocycles. The number of rotatable bonds is 6. The van der Waals surface area contributed by atoms with E-state index >= 15 is 0 Å². The summed E-state index contributed by atoms with van der Waals surface area (Å²) in [7, 11) is 0. The molecule has 0 spiro atoms. The molecule has 144 valence electrons. The van der Waals surface area contributed by atoms with Crippen LogP contribution in [0.1, 0.15) is 30.9 Å². The minimum absolute atomic E-state index is 0.175. The first-order valence-corrected chi connectivity index (χ1v) is 9.67. The second-order valence-electron chi connectivity index (χ2n) is 6.71. The zero-order valence-corrected chi connectivity index (χ0v) is 16.8. The molecule has 0 saturated carbocycles. The summed E-state index contributed by atoms with van der Waals surface area (Å²) in [4.78, 5) is 11.4. The number of benzene rings is 2. The highest BCUT2D eigenvalue weighted by molar-refractivity contribution is 9.10. The number of carbonyl (C=O) groups excluding carboxylic acids is 1. The summed E-state index contributed by atoms with van der Waals surface area (Å²) in [6.07, 6.45) is 1.26. The zero-order valence-electron chi connectivity index (χ0n) is 15.2. The average Bonchev–Trinajstić information content (AvgIpc) is 2.68. The molecule has 0 aliphatic carbocycles. The van der Waals surface area contributed by atoms with E-state index < -0.39 is 5.41 Å². The lowest BCUT2D eigenvalue weighted by molar-refractivity contribution is -0.144. The van der Waals surface area contributed by atoms with Crippen LogP contribution in [0.15, 0.2) is 46.9 Å². The third-order valence-electron chi connectivity index (χ3n) is 4.83. The fraction of sp³-hybridized carbons (Fsp3) is 0.381. The summed E-state index contributed by atoms with van der Waals surface area (Å²) >= 11 is 3.25. The molecule has 1 aliphatic rings. The number of hydrogen-bond donors (Lipinski definition) is 0. The quantitative estimate of drug-likeness (QED) is 0.611. The van der Waals surface area contributed by atoms with Crippen molar-refractivity contribution in [2.75, 3.05) is 19.8 Å². The molecule has 1 aliphatic heterocycles. The Balaban J connectivity index is 1.95. The van der Waals surface area contributed by atoms with Crippen LogP contribution in [0.5, 0.6) is 5.75 Å². The molecule has 0 amide bonds. The molecule has 3 rings (SSSR count). The Bertz CT molecular complexity index is 788. The largest absolute Gasteiger partial charge is 0.489 e. The number of esters is 1. The van der Waals surface area contributed by atoms with Crippen molar-refractivity contribution in [1.82, 2.24) is 0 Å². The van der Waals surface area contributed by atoms with Gasteiger partial charge in [-0.2, -0.15) is 0 Å². The molecule has 0 unspecified atom stereocenters. The monoisotopic (exact) mass is 436 g/mol. The Kier molecular flexibility index (Phi) is 6.50. The number of halogens is 2. The molecule has 4 nitrogen and oxygen atoms in total. The second-order valence-corrected chi connectivity index (χ2v) is 7.56. The maximum atomic E-state index is 14.4. The molecule has 0 atom stereocenters. The highest BCUT2D eigenvalue weighted by Gasteiger charge is 2.39. The molecule has 6 heteroatoms. The van der Waals surface area contributed by atoms with Gasteiger partial charge in [0, 0.05) is 31.1 Å². The van der Waals surface area contributed by atoms with Gasteiger partial charge in [-0.05, 0) is 46.5 Å². The summed E-state index contributed by atoms with van der Waals surface area (Å²) in [6.45, 7) is 2.97. The maximum absolute atomic E-state index is 14.4. The van der Waals surface area contributed by atoms with E-state index in [2.05, 4.69) is 15.9 Å². The van der Waals surface area contributed by atoms with E-state index in [1.54, 1.807) is 6.07 Å². The van der Waals surface area contributed by atoms with Crippen LogP contribution >= 0.6 is 15.9 Å². The number of hydrogen-bond acceptors (Lipinski definition) is 4. The summed E-state index contributed by atoms with van der Waals surface area (Å²) in [6, 6.07) is 12.9. The average molecular weight is 437 g/mol. The first-order valence-electron chi connectivity index (χ1n) is 8.87. The van der Waals surface area contributed by atoms with E-state index in [4.69, 9.17) is 14.2 Å². The fourth-order valence-corrected chi connectivity index (χ4v) is 3.61. The molecule has 0 bridgehead atoms. The van der Waals surface area contributed by atoms with Crippen molar-refractivity contribution in [1.29, 1.82) is 0 Å². The van der Waals surface area contributed by atoms with Gasteiger partial charge in [0.2, 0.25) is 0 Å². The molecule has 0 radical (unpaired) electrons. The van der Waals surface area contributed by atoms with Gasteiger partial charge < -0.3 is 14.2 Å². The van der Waals surface area contributed by atoms with Crippen LogP contribution in [-0.4, -0.2) is 25.8 Å². The molecule has 1 fully saturated rings. The smallest absolute Gasteiger partial charge is 0.302 e. The SMILES string of the molecule is CC(=O)OCC1(c2cc(F)c(Br)cc2OCc2ccccc2)CCOCC1. The van der Waals surface area contributed by atoms with Crippen LogP contribution < -0.4 is 4.74 Å². The Morgan fingerprint density at radius 3 is 2.59 bits per heavy atom. The van der Waals surface area contributed by atoms with E-state index in [-0.39, 0.29) is 18.4 Å². The predicted octanol–water partition coefficient (Wildman–Crippen LogP) is 4.78. The third kappa shape index (κ3) is 4.87. The van der Waals surface area contributed by atoms with Crippen LogP contribution in [0.2, 0.25) is 0 Å². The number of ether oxygens (including phenoxy) is 3. The normalized spacial score (nSPS) is 16.0. The van der Waals surface area contributed by atoms with Gasteiger partial charge in [0.25, 0.3) is 0 Å². The lowest BCUT2D eigenvalue weighted by Gasteiger charge is -2.38. The molecule has 0 aromatic heterocycles. The van der Waals surface area contributed by atoms with Gasteiger partial charge in [-0.3, -0.25) is 4.79 Å². The lowest BCUT2D eigenvalue weighted by Crippen LogP contribution is -2.39. The minimum Gasteiger partial charge on any atom is -0.489 e. The van der Waals surface area contributed by atoms with Gasteiger partial charge >= 0.3 is 5.97 Å². The lowest BCUT2D eigenvalue weighted by atomic mass is 9.74.